The van der Waals surface area contributed by atoms with Crippen molar-refractivity contribution in [2.75, 3.05) is 0 Å². The van der Waals surface area contributed by atoms with Gasteiger partial charge in [0.1, 0.15) is 5.82 Å². The molecule has 2 heterocycles. The monoisotopic (exact) mass is 496 g/mol. The molecule has 2 aromatic carbocycles. The van der Waals surface area contributed by atoms with E-state index < -0.39 is 0 Å². The van der Waals surface area contributed by atoms with Crippen LogP contribution < -0.4 is 0 Å². The van der Waals surface area contributed by atoms with E-state index in [4.69, 9.17) is 4.42 Å². The minimum absolute atomic E-state index is 0. The molecule has 0 atom stereocenters. The van der Waals surface area contributed by atoms with E-state index in [1.807, 2.05) is 29.8 Å². The summed E-state index contributed by atoms with van der Waals surface area (Å²) < 4.78 is 7.27. The minimum atomic E-state index is 0. The van der Waals surface area contributed by atoms with Crippen LogP contribution in [-0.2, 0) is 20.1 Å². The Balaban J connectivity index is 0.00000169. The van der Waals surface area contributed by atoms with Gasteiger partial charge in [0.05, 0.1) is 17.1 Å². The number of aryl methyl sites for hydroxylation is 3. The Kier molecular flexibility index (Phi) is 4.35. The van der Waals surface area contributed by atoms with Gasteiger partial charge in [-0.15, -0.1) is 12.1 Å². The molecule has 0 saturated carbocycles. The summed E-state index contributed by atoms with van der Waals surface area (Å²) in [4.78, 5) is 8.91. The van der Waals surface area contributed by atoms with Gasteiger partial charge < -0.3 is 4.42 Å². The Bertz CT molecular complexity index is 999. The largest absolute Gasteiger partial charge is 0.464 e. The van der Waals surface area contributed by atoms with E-state index in [9.17, 15) is 0 Å². The van der Waals surface area contributed by atoms with Crippen LogP contribution in [0.2, 0.25) is 0 Å². The van der Waals surface area contributed by atoms with Gasteiger partial charge >= 0.3 is 0 Å². The van der Waals surface area contributed by atoms with Crippen LogP contribution in [0, 0.1) is 26.8 Å². The summed E-state index contributed by atoms with van der Waals surface area (Å²) in [6.07, 6.45) is 1.44. The zero-order valence-electron chi connectivity index (χ0n) is 13.5. The zero-order chi connectivity index (χ0) is 16.0. The van der Waals surface area contributed by atoms with Gasteiger partial charge in [-0.2, -0.15) is 5.10 Å². The molecular formula is C18H15IrN4O-. The van der Waals surface area contributed by atoms with E-state index in [2.05, 4.69) is 47.1 Å². The Morgan fingerprint density at radius 1 is 1.08 bits per heavy atom. The third-order valence-corrected chi connectivity index (χ3v) is 3.88. The predicted molar refractivity (Wildman–Crippen MR) is 87.4 cm³/mol. The molecule has 0 bridgehead atoms. The maximum absolute atomic E-state index is 5.39. The van der Waals surface area contributed by atoms with Gasteiger partial charge in [-0.3, -0.25) is 14.6 Å². The van der Waals surface area contributed by atoms with E-state index in [0.717, 1.165) is 33.7 Å². The number of hydrogen-bond donors (Lipinski definition) is 0. The molecule has 5 nitrogen and oxygen atoms in total. The first kappa shape index (κ1) is 16.6. The molecule has 0 aliphatic carbocycles. The Labute approximate surface area is 153 Å². The van der Waals surface area contributed by atoms with Crippen molar-refractivity contribution in [1.29, 1.82) is 0 Å². The summed E-state index contributed by atoms with van der Waals surface area (Å²) >= 11 is 0. The molecule has 4 rings (SSSR count). The van der Waals surface area contributed by atoms with E-state index in [1.54, 1.807) is 0 Å². The Morgan fingerprint density at radius 3 is 2.58 bits per heavy atom. The molecule has 0 N–H and O–H groups in total. The second kappa shape index (κ2) is 6.30. The number of benzene rings is 2. The average molecular weight is 496 g/mol. The predicted octanol–water partition coefficient (Wildman–Crippen LogP) is 3.80. The van der Waals surface area contributed by atoms with Gasteiger partial charge in [-0.05, 0) is 31.9 Å². The van der Waals surface area contributed by atoms with Gasteiger partial charge in [-0.25, -0.2) is 0 Å². The summed E-state index contributed by atoms with van der Waals surface area (Å²) in [6, 6.07) is 13.1. The molecule has 24 heavy (non-hydrogen) atoms. The van der Waals surface area contributed by atoms with Gasteiger partial charge in [0.25, 0.3) is 0 Å². The molecule has 0 amide bonds. The second-order valence-corrected chi connectivity index (χ2v) is 5.55. The SMILES string of the molecule is Cc1nc(-c2[c-]ccc3ocnc23)n(-c2c(C)cccc2C)n1.[Ir]. The van der Waals surface area contributed by atoms with Crippen LogP contribution in [0.1, 0.15) is 17.0 Å². The average Bonchev–Trinajstić information content (AvgIpc) is 3.13. The number of aromatic nitrogens is 4. The molecule has 0 spiro atoms. The van der Waals surface area contributed by atoms with Crippen molar-refractivity contribution in [2.24, 2.45) is 0 Å². The van der Waals surface area contributed by atoms with Crippen LogP contribution in [0.25, 0.3) is 28.2 Å². The Hall–Kier alpha value is -2.30. The van der Waals surface area contributed by atoms with E-state index >= 15 is 0 Å². The smallest absolute Gasteiger partial charge is 0.170 e. The normalized spacial score (nSPS) is 10.8. The van der Waals surface area contributed by atoms with E-state index in [-0.39, 0.29) is 20.1 Å². The molecule has 0 aliphatic heterocycles. The number of hydrogen-bond acceptors (Lipinski definition) is 4. The molecule has 123 valence electrons. The van der Waals surface area contributed by atoms with Crippen molar-refractivity contribution in [2.45, 2.75) is 20.8 Å². The second-order valence-electron chi connectivity index (χ2n) is 5.55. The van der Waals surface area contributed by atoms with Crippen LogP contribution in [0.4, 0.5) is 0 Å². The van der Waals surface area contributed by atoms with Gasteiger partial charge in [0.15, 0.2) is 6.39 Å². The quantitative estimate of drug-likeness (QED) is 0.397. The molecule has 0 fully saturated rings. The van der Waals surface area contributed by atoms with Crippen molar-refractivity contribution < 1.29 is 24.5 Å². The molecule has 0 aliphatic rings. The Morgan fingerprint density at radius 2 is 1.83 bits per heavy atom. The molecule has 2 aromatic heterocycles. The standard InChI is InChI=1S/C18H15N4O.Ir/c1-11-6-4-7-12(2)17(11)22-18(20-13(3)21-22)14-8-5-9-15-16(14)19-10-23-15;/h4-7,9-10H,1-3H3;/q-1;. The van der Waals surface area contributed by atoms with Crippen molar-refractivity contribution in [1.82, 2.24) is 19.7 Å². The van der Waals surface area contributed by atoms with Crippen LogP contribution >= 0.6 is 0 Å². The summed E-state index contributed by atoms with van der Waals surface area (Å²) in [7, 11) is 0. The maximum Gasteiger partial charge on any atom is 0.170 e. The fourth-order valence-electron chi connectivity index (χ4n) is 2.87. The van der Waals surface area contributed by atoms with Gasteiger partial charge in [-0.1, -0.05) is 29.8 Å². The summed E-state index contributed by atoms with van der Waals surface area (Å²) in [6.45, 7) is 6.03. The molecule has 1 radical (unpaired) electrons. The van der Waals surface area contributed by atoms with E-state index in [1.165, 1.54) is 6.39 Å². The fourth-order valence-corrected chi connectivity index (χ4v) is 2.87. The fraction of sp³-hybridized carbons (Fsp3) is 0.167. The third-order valence-electron chi connectivity index (χ3n) is 3.88. The van der Waals surface area contributed by atoms with Gasteiger partial charge in [0.2, 0.25) is 0 Å². The van der Waals surface area contributed by atoms with Crippen molar-refractivity contribution >= 4 is 11.1 Å². The van der Waals surface area contributed by atoms with Crippen LogP contribution in [0.15, 0.2) is 41.1 Å². The summed E-state index contributed by atoms with van der Waals surface area (Å²) in [5.74, 6) is 1.43. The molecule has 0 saturated heterocycles. The first-order chi connectivity index (χ1) is 11.1. The van der Waals surface area contributed by atoms with Crippen molar-refractivity contribution in [3.63, 3.8) is 0 Å². The molecular weight excluding hydrogens is 480 g/mol. The number of fused-ring (bicyclic) bond motifs is 1. The molecule has 0 unspecified atom stereocenters. The topological polar surface area (TPSA) is 56.7 Å². The number of nitrogens with zero attached hydrogens (tertiary/aromatic N) is 4. The minimum Gasteiger partial charge on any atom is -0.464 e. The van der Waals surface area contributed by atoms with Crippen molar-refractivity contribution in [3.05, 3.63) is 59.7 Å². The summed E-state index contributed by atoms with van der Waals surface area (Å²) in [5.41, 5.74) is 5.57. The number of oxazole rings is 1. The zero-order valence-corrected chi connectivity index (χ0v) is 15.9. The van der Waals surface area contributed by atoms with E-state index in [0.29, 0.717) is 11.4 Å². The van der Waals surface area contributed by atoms with Crippen LogP contribution in [-0.4, -0.2) is 19.7 Å². The number of rotatable bonds is 2. The number of para-hydroxylation sites is 1. The van der Waals surface area contributed by atoms with Gasteiger partial charge in [0, 0.05) is 25.6 Å². The third kappa shape index (κ3) is 2.58. The first-order valence-electron chi connectivity index (χ1n) is 7.39. The maximum atomic E-state index is 5.39. The van der Waals surface area contributed by atoms with Crippen molar-refractivity contribution in [3.8, 4) is 17.1 Å². The first-order valence-corrected chi connectivity index (χ1v) is 7.39. The summed E-state index contributed by atoms with van der Waals surface area (Å²) in [5, 5.41) is 4.60. The van der Waals surface area contributed by atoms with Crippen LogP contribution in [0.5, 0.6) is 0 Å². The van der Waals surface area contributed by atoms with Crippen LogP contribution in [0.3, 0.4) is 0 Å². The molecule has 4 aromatic rings. The molecule has 6 heteroatoms.